The molecule has 0 bridgehead atoms. The third-order valence-electron chi connectivity index (χ3n) is 3.51. The molecule has 1 N–H and O–H groups in total. The number of benzene rings is 2. The normalized spacial score (nSPS) is 10.6. The maximum Gasteiger partial charge on any atom is 0.267 e. The summed E-state index contributed by atoms with van der Waals surface area (Å²) >= 11 is 9.24. The van der Waals surface area contributed by atoms with E-state index in [1.165, 1.54) is 18.2 Å². The Labute approximate surface area is 161 Å². The van der Waals surface area contributed by atoms with Crippen molar-refractivity contribution in [3.63, 3.8) is 0 Å². The molecule has 8 heteroatoms. The van der Waals surface area contributed by atoms with Gasteiger partial charge in [-0.3, -0.25) is 9.59 Å². The lowest BCUT2D eigenvalue weighted by Crippen LogP contribution is -2.29. The van der Waals surface area contributed by atoms with Gasteiger partial charge in [0.05, 0.1) is 16.4 Å². The fraction of sp³-hybridized carbons (Fsp3) is 0.0556. The van der Waals surface area contributed by atoms with E-state index in [2.05, 4.69) is 26.3 Å². The van der Waals surface area contributed by atoms with Crippen molar-refractivity contribution in [2.45, 2.75) is 6.54 Å². The minimum Gasteiger partial charge on any atom is -0.323 e. The number of nitrogens with zero attached hydrogens (tertiary/aromatic N) is 2. The van der Waals surface area contributed by atoms with Crippen LogP contribution < -0.4 is 10.9 Å². The van der Waals surface area contributed by atoms with Crippen LogP contribution in [0.1, 0.15) is 0 Å². The zero-order valence-corrected chi connectivity index (χ0v) is 15.6. The van der Waals surface area contributed by atoms with Gasteiger partial charge in [0.15, 0.2) is 0 Å². The molecule has 0 spiro atoms. The molecule has 0 radical (unpaired) electrons. The summed E-state index contributed by atoms with van der Waals surface area (Å²) in [5.41, 5.74) is 1.22. The first-order valence-electron chi connectivity index (χ1n) is 7.51. The summed E-state index contributed by atoms with van der Waals surface area (Å²) in [7, 11) is 0. The van der Waals surface area contributed by atoms with Gasteiger partial charge in [0.1, 0.15) is 12.4 Å². The van der Waals surface area contributed by atoms with Gasteiger partial charge in [0.25, 0.3) is 5.56 Å². The Hall–Kier alpha value is -2.51. The number of carbonyl (C=O) groups excluding carboxylic acids is 1. The van der Waals surface area contributed by atoms with Crippen molar-refractivity contribution < 1.29 is 9.18 Å². The monoisotopic (exact) mass is 435 g/mol. The topological polar surface area (TPSA) is 64.0 Å². The van der Waals surface area contributed by atoms with Crippen molar-refractivity contribution in [2.75, 3.05) is 5.32 Å². The zero-order valence-electron chi connectivity index (χ0n) is 13.2. The summed E-state index contributed by atoms with van der Waals surface area (Å²) in [4.78, 5) is 24.2. The highest BCUT2D eigenvalue weighted by molar-refractivity contribution is 9.10. The smallest absolute Gasteiger partial charge is 0.267 e. The molecule has 1 heterocycles. The average molecular weight is 437 g/mol. The van der Waals surface area contributed by atoms with Crippen LogP contribution in [-0.4, -0.2) is 15.7 Å². The number of aromatic nitrogens is 2. The number of carbonyl (C=O) groups is 1. The Morgan fingerprint density at radius 2 is 1.88 bits per heavy atom. The third kappa shape index (κ3) is 4.36. The lowest BCUT2D eigenvalue weighted by atomic mass is 10.1. The molecule has 3 rings (SSSR count). The predicted octanol–water partition coefficient (Wildman–Crippen LogP) is 4.10. The minimum atomic E-state index is -0.506. The van der Waals surface area contributed by atoms with Gasteiger partial charge in [-0.1, -0.05) is 39.7 Å². The molecule has 132 valence electrons. The molecular weight excluding hydrogens is 425 g/mol. The van der Waals surface area contributed by atoms with Gasteiger partial charge in [0, 0.05) is 16.1 Å². The van der Waals surface area contributed by atoms with Crippen LogP contribution in [0.15, 0.2) is 63.9 Å². The molecule has 5 nitrogen and oxygen atoms in total. The second-order valence-electron chi connectivity index (χ2n) is 5.39. The SMILES string of the molecule is O=C(Cn1nc(-c2ccc(Br)cc2)ccc1=O)Nc1ccc(F)cc1Cl. The standard InChI is InChI=1S/C18H12BrClFN3O2/c19-12-3-1-11(2-4-12)15-7-8-18(26)24(23-15)10-17(25)22-16-6-5-13(21)9-14(16)20/h1-9H,10H2,(H,22,25). The molecule has 0 fully saturated rings. The van der Waals surface area contributed by atoms with E-state index in [0.717, 1.165) is 20.8 Å². The van der Waals surface area contributed by atoms with E-state index in [1.807, 2.05) is 24.3 Å². The number of rotatable bonds is 4. The largest absolute Gasteiger partial charge is 0.323 e. The summed E-state index contributed by atoms with van der Waals surface area (Å²) in [6.07, 6.45) is 0. The Kier molecular flexibility index (Phi) is 5.49. The van der Waals surface area contributed by atoms with Crippen LogP contribution in [0.25, 0.3) is 11.3 Å². The highest BCUT2D eigenvalue weighted by atomic mass is 79.9. The fourth-order valence-electron chi connectivity index (χ4n) is 2.25. The Morgan fingerprint density at radius 3 is 2.58 bits per heavy atom. The van der Waals surface area contributed by atoms with E-state index < -0.39 is 17.3 Å². The van der Waals surface area contributed by atoms with Crippen molar-refractivity contribution in [2.24, 2.45) is 0 Å². The molecule has 26 heavy (non-hydrogen) atoms. The van der Waals surface area contributed by atoms with E-state index in [4.69, 9.17) is 11.6 Å². The molecule has 0 aliphatic carbocycles. The van der Waals surface area contributed by atoms with Crippen LogP contribution in [0.2, 0.25) is 5.02 Å². The van der Waals surface area contributed by atoms with E-state index in [1.54, 1.807) is 6.07 Å². The lowest BCUT2D eigenvalue weighted by Gasteiger charge is -2.09. The maximum absolute atomic E-state index is 13.1. The first-order chi connectivity index (χ1) is 12.4. The number of halogens is 3. The molecule has 0 aliphatic rings. The number of amides is 1. The second kappa shape index (κ2) is 7.80. The van der Waals surface area contributed by atoms with Crippen molar-refractivity contribution in [1.82, 2.24) is 9.78 Å². The van der Waals surface area contributed by atoms with E-state index in [9.17, 15) is 14.0 Å². The molecular formula is C18H12BrClFN3O2. The van der Waals surface area contributed by atoms with Crippen molar-refractivity contribution in [1.29, 1.82) is 0 Å². The predicted molar refractivity (Wildman–Crippen MR) is 102 cm³/mol. The van der Waals surface area contributed by atoms with Gasteiger partial charge in [-0.2, -0.15) is 5.10 Å². The molecule has 0 saturated carbocycles. The molecule has 1 amide bonds. The molecule has 1 aromatic heterocycles. The molecule has 2 aromatic carbocycles. The third-order valence-corrected chi connectivity index (χ3v) is 4.35. The molecule has 0 saturated heterocycles. The van der Waals surface area contributed by atoms with Crippen molar-refractivity contribution in [3.05, 3.63) is 80.3 Å². The average Bonchev–Trinajstić information content (AvgIpc) is 2.60. The number of nitrogens with one attached hydrogen (secondary N) is 1. The van der Waals surface area contributed by atoms with E-state index in [0.29, 0.717) is 5.69 Å². The van der Waals surface area contributed by atoms with Crippen LogP contribution in [0, 0.1) is 5.82 Å². The van der Waals surface area contributed by atoms with Gasteiger partial charge < -0.3 is 5.32 Å². The van der Waals surface area contributed by atoms with Crippen LogP contribution in [0.3, 0.4) is 0 Å². The van der Waals surface area contributed by atoms with E-state index >= 15 is 0 Å². The second-order valence-corrected chi connectivity index (χ2v) is 6.72. The van der Waals surface area contributed by atoms with Crippen LogP contribution in [0.4, 0.5) is 10.1 Å². The summed E-state index contributed by atoms with van der Waals surface area (Å²) in [5.74, 6) is -1.01. The van der Waals surface area contributed by atoms with E-state index in [-0.39, 0.29) is 17.3 Å². The Bertz CT molecular complexity index is 1020. The van der Waals surface area contributed by atoms with Gasteiger partial charge >= 0.3 is 0 Å². The van der Waals surface area contributed by atoms with Crippen LogP contribution >= 0.6 is 27.5 Å². The van der Waals surface area contributed by atoms with Crippen molar-refractivity contribution >= 4 is 39.1 Å². The van der Waals surface area contributed by atoms with Crippen LogP contribution in [0.5, 0.6) is 0 Å². The highest BCUT2D eigenvalue weighted by Crippen LogP contribution is 2.22. The number of anilines is 1. The molecule has 3 aromatic rings. The quantitative estimate of drug-likeness (QED) is 0.670. The van der Waals surface area contributed by atoms with Gasteiger partial charge in [-0.15, -0.1) is 0 Å². The Morgan fingerprint density at radius 1 is 1.15 bits per heavy atom. The van der Waals surface area contributed by atoms with Gasteiger partial charge in [-0.25, -0.2) is 9.07 Å². The first-order valence-corrected chi connectivity index (χ1v) is 8.68. The van der Waals surface area contributed by atoms with Gasteiger partial charge in [0.2, 0.25) is 5.91 Å². The molecule has 0 unspecified atom stereocenters. The maximum atomic E-state index is 13.1. The summed E-state index contributed by atoms with van der Waals surface area (Å²) in [5, 5.41) is 6.83. The first kappa shape index (κ1) is 18.3. The highest BCUT2D eigenvalue weighted by Gasteiger charge is 2.10. The summed E-state index contributed by atoms with van der Waals surface area (Å²) in [6, 6.07) is 14.0. The zero-order chi connectivity index (χ0) is 18.7. The summed E-state index contributed by atoms with van der Waals surface area (Å²) < 4.78 is 15.0. The lowest BCUT2D eigenvalue weighted by molar-refractivity contribution is -0.117. The van der Waals surface area contributed by atoms with Crippen molar-refractivity contribution in [3.8, 4) is 11.3 Å². The number of hydrogen-bond acceptors (Lipinski definition) is 3. The van der Waals surface area contributed by atoms with Crippen LogP contribution in [-0.2, 0) is 11.3 Å². The molecule has 0 atom stereocenters. The van der Waals surface area contributed by atoms with Gasteiger partial charge in [-0.05, 0) is 36.4 Å². The minimum absolute atomic E-state index is 0.0715. The fourth-order valence-corrected chi connectivity index (χ4v) is 2.73. The molecule has 0 aliphatic heterocycles. The Balaban J connectivity index is 1.80. The summed E-state index contributed by atoms with van der Waals surface area (Å²) in [6.45, 7) is -0.295. The number of hydrogen-bond donors (Lipinski definition) is 1.